The molecule has 1 aliphatic rings. The molecule has 4 rings (SSSR count). The fourth-order valence-electron chi connectivity index (χ4n) is 5.30. The van der Waals surface area contributed by atoms with Gasteiger partial charge in [0.05, 0.1) is 7.11 Å². The highest BCUT2D eigenvalue weighted by atomic mass is 16.5. The molecule has 1 heterocycles. The summed E-state index contributed by atoms with van der Waals surface area (Å²) in [5.41, 5.74) is 6.67. The van der Waals surface area contributed by atoms with Gasteiger partial charge in [-0.05, 0) is 80.2 Å². The van der Waals surface area contributed by atoms with Crippen molar-refractivity contribution >= 4 is 0 Å². The molecule has 0 radical (unpaired) electrons. The first-order chi connectivity index (χ1) is 16.6. The van der Waals surface area contributed by atoms with E-state index in [-0.39, 0.29) is 0 Å². The van der Waals surface area contributed by atoms with Crippen LogP contribution < -0.4 is 4.74 Å². The third kappa shape index (κ3) is 5.89. The molecule has 2 atom stereocenters. The first-order valence-corrected chi connectivity index (χ1v) is 12.9. The van der Waals surface area contributed by atoms with Crippen LogP contribution in [-0.4, -0.2) is 42.6 Å². The summed E-state index contributed by atoms with van der Waals surface area (Å²) in [4.78, 5) is 5.33. The number of nitrogens with zero attached hydrogens (tertiary/aromatic N) is 2. The third-order valence-corrected chi connectivity index (χ3v) is 7.52. The van der Waals surface area contributed by atoms with E-state index in [1.54, 1.807) is 7.11 Å². The minimum atomic E-state index is 0.503. The normalized spacial score (nSPS) is 18.5. The van der Waals surface area contributed by atoms with Crippen LogP contribution in [0.2, 0.25) is 0 Å². The molecule has 3 nitrogen and oxygen atoms in total. The van der Waals surface area contributed by atoms with Gasteiger partial charge in [0.2, 0.25) is 0 Å². The van der Waals surface area contributed by atoms with Crippen LogP contribution in [0.3, 0.4) is 0 Å². The van der Waals surface area contributed by atoms with Gasteiger partial charge in [-0.25, -0.2) is 0 Å². The standard InChI is InChI=1S/C31H40N2O/c1-5-32(6-2)22-21-29-17-20-31(28-11-7-24(3)8-12-28)33(29)23-25-9-13-26(14-10-25)27-15-18-30(34-4)19-16-27/h7-16,18-19,29,31H,5-6,17,20-23H2,1-4H3. The van der Waals surface area contributed by atoms with E-state index in [9.17, 15) is 0 Å². The Morgan fingerprint density at radius 3 is 2.03 bits per heavy atom. The zero-order chi connectivity index (χ0) is 23.9. The van der Waals surface area contributed by atoms with Crippen molar-refractivity contribution in [2.75, 3.05) is 26.7 Å². The Kier molecular flexibility index (Phi) is 8.42. The number of aryl methyl sites for hydroxylation is 1. The molecule has 1 aliphatic heterocycles. The van der Waals surface area contributed by atoms with Crippen molar-refractivity contribution in [1.82, 2.24) is 9.80 Å². The Bertz CT molecular complexity index is 1010. The molecule has 0 bridgehead atoms. The fourth-order valence-corrected chi connectivity index (χ4v) is 5.30. The third-order valence-electron chi connectivity index (χ3n) is 7.52. The molecule has 34 heavy (non-hydrogen) atoms. The molecular weight excluding hydrogens is 416 g/mol. The Balaban J connectivity index is 1.51. The van der Waals surface area contributed by atoms with Crippen LogP contribution >= 0.6 is 0 Å². The van der Waals surface area contributed by atoms with E-state index in [0.29, 0.717) is 12.1 Å². The number of ether oxygens (including phenoxy) is 1. The lowest BCUT2D eigenvalue weighted by molar-refractivity contribution is 0.160. The monoisotopic (exact) mass is 456 g/mol. The summed E-state index contributed by atoms with van der Waals surface area (Å²) < 4.78 is 5.30. The van der Waals surface area contributed by atoms with E-state index in [4.69, 9.17) is 4.74 Å². The fraction of sp³-hybridized carbons (Fsp3) is 0.419. The first-order valence-electron chi connectivity index (χ1n) is 12.9. The van der Waals surface area contributed by atoms with Gasteiger partial charge >= 0.3 is 0 Å². The Morgan fingerprint density at radius 1 is 0.824 bits per heavy atom. The summed E-state index contributed by atoms with van der Waals surface area (Å²) in [6.07, 6.45) is 3.77. The summed E-state index contributed by atoms with van der Waals surface area (Å²) in [5.74, 6) is 0.896. The summed E-state index contributed by atoms with van der Waals surface area (Å²) in [5, 5.41) is 0. The first kappa shape index (κ1) is 24.5. The van der Waals surface area contributed by atoms with Gasteiger partial charge in [0, 0.05) is 18.6 Å². The smallest absolute Gasteiger partial charge is 0.118 e. The summed E-state index contributed by atoms with van der Waals surface area (Å²) in [6.45, 7) is 11.2. The second-order valence-electron chi connectivity index (χ2n) is 9.57. The van der Waals surface area contributed by atoms with Crippen molar-refractivity contribution in [2.24, 2.45) is 0 Å². The van der Waals surface area contributed by atoms with Crippen LogP contribution in [0, 0.1) is 6.92 Å². The van der Waals surface area contributed by atoms with Gasteiger partial charge in [0.15, 0.2) is 0 Å². The van der Waals surface area contributed by atoms with E-state index in [2.05, 4.69) is 91.2 Å². The molecule has 3 aromatic rings. The minimum Gasteiger partial charge on any atom is -0.497 e. The maximum absolute atomic E-state index is 5.30. The van der Waals surface area contributed by atoms with Gasteiger partial charge in [-0.15, -0.1) is 0 Å². The van der Waals surface area contributed by atoms with Crippen LogP contribution in [0.1, 0.15) is 55.8 Å². The second kappa shape index (κ2) is 11.7. The quantitative estimate of drug-likeness (QED) is 0.323. The van der Waals surface area contributed by atoms with Crippen LogP contribution in [0.25, 0.3) is 11.1 Å². The average molecular weight is 457 g/mol. The molecule has 0 amide bonds. The van der Waals surface area contributed by atoms with E-state index < -0.39 is 0 Å². The van der Waals surface area contributed by atoms with Crippen LogP contribution in [0.5, 0.6) is 5.75 Å². The lowest BCUT2D eigenvalue weighted by atomic mass is 10.0. The van der Waals surface area contributed by atoms with Crippen LogP contribution in [-0.2, 0) is 6.54 Å². The predicted molar refractivity (Wildman–Crippen MR) is 143 cm³/mol. The zero-order valence-electron chi connectivity index (χ0n) is 21.3. The molecule has 0 aliphatic carbocycles. The van der Waals surface area contributed by atoms with Crippen molar-refractivity contribution in [3.63, 3.8) is 0 Å². The van der Waals surface area contributed by atoms with Gasteiger partial charge in [-0.3, -0.25) is 4.90 Å². The van der Waals surface area contributed by atoms with E-state index in [1.165, 1.54) is 53.6 Å². The zero-order valence-corrected chi connectivity index (χ0v) is 21.3. The minimum absolute atomic E-state index is 0.503. The summed E-state index contributed by atoms with van der Waals surface area (Å²) in [6, 6.07) is 27.8. The molecule has 1 fully saturated rings. The summed E-state index contributed by atoms with van der Waals surface area (Å²) >= 11 is 0. The van der Waals surface area contributed by atoms with Gasteiger partial charge < -0.3 is 9.64 Å². The van der Waals surface area contributed by atoms with E-state index in [0.717, 1.165) is 25.4 Å². The van der Waals surface area contributed by atoms with E-state index in [1.807, 2.05) is 12.1 Å². The van der Waals surface area contributed by atoms with Gasteiger partial charge in [-0.2, -0.15) is 0 Å². The summed E-state index contributed by atoms with van der Waals surface area (Å²) in [7, 11) is 1.71. The number of methoxy groups -OCH3 is 1. The molecule has 3 aromatic carbocycles. The molecule has 0 aromatic heterocycles. The molecule has 3 heteroatoms. The Morgan fingerprint density at radius 2 is 1.44 bits per heavy atom. The van der Waals surface area contributed by atoms with E-state index >= 15 is 0 Å². The highest BCUT2D eigenvalue weighted by molar-refractivity contribution is 5.64. The largest absolute Gasteiger partial charge is 0.497 e. The number of benzene rings is 3. The van der Waals surface area contributed by atoms with Crippen molar-refractivity contribution in [3.8, 4) is 16.9 Å². The van der Waals surface area contributed by atoms with Crippen molar-refractivity contribution in [3.05, 3.63) is 89.5 Å². The van der Waals surface area contributed by atoms with Gasteiger partial charge in [0.1, 0.15) is 5.75 Å². The molecular formula is C31H40N2O. The Hall–Kier alpha value is -2.62. The molecule has 180 valence electrons. The van der Waals surface area contributed by atoms with Crippen molar-refractivity contribution in [2.45, 2.75) is 58.7 Å². The van der Waals surface area contributed by atoms with Crippen LogP contribution in [0.4, 0.5) is 0 Å². The number of hydrogen-bond acceptors (Lipinski definition) is 3. The predicted octanol–water partition coefficient (Wildman–Crippen LogP) is 7.11. The molecule has 2 unspecified atom stereocenters. The topological polar surface area (TPSA) is 15.7 Å². The Labute approximate surface area is 206 Å². The van der Waals surface area contributed by atoms with Gasteiger partial charge in [0.25, 0.3) is 0 Å². The maximum atomic E-state index is 5.30. The number of hydrogen-bond donors (Lipinski definition) is 0. The van der Waals surface area contributed by atoms with Crippen LogP contribution in [0.15, 0.2) is 72.8 Å². The second-order valence-corrected chi connectivity index (χ2v) is 9.57. The SMILES string of the molecule is CCN(CC)CCC1CCC(c2ccc(C)cc2)N1Cc1ccc(-c2ccc(OC)cc2)cc1. The number of rotatable bonds is 10. The van der Waals surface area contributed by atoms with Crippen molar-refractivity contribution in [1.29, 1.82) is 0 Å². The molecule has 0 saturated carbocycles. The average Bonchev–Trinajstić information content (AvgIpc) is 3.28. The molecule has 0 N–H and O–H groups in total. The highest BCUT2D eigenvalue weighted by Crippen LogP contribution is 2.39. The van der Waals surface area contributed by atoms with Gasteiger partial charge in [-0.1, -0.05) is 80.1 Å². The lowest BCUT2D eigenvalue weighted by Crippen LogP contribution is -2.35. The molecule has 0 spiro atoms. The maximum Gasteiger partial charge on any atom is 0.118 e. The molecule has 1 saturated heterocycles. The highest BCUT2D eigenvalue weighted by Gasteiger charge is 2.34. The number of likely N-dealkylation sites (tertiary alicyclic amines) is 1. The lowest BCUT2D eigenvalue weighted by Gasteiger charge is -2.32. The van der Waals surface area contributed by atoms with Crippen molar-refractivity contribution < 1.29 is 4.74 Å².